The topological polar surface area (TPSA) is 96.6 Å². The van der Waals surface area contributed by atoms with Crippen LogP contribution in [0.5, 0.6) is 17.2 Å². The summed E-state index contributed by atoms with van der Waals surface area (Å²) in [6.07, 6.45) is 1.34. The lowest BCUT2D eigenvalue weighted by Crippen LogP contribution is -2.17. The largest absolute Gasteiger partial charge is 0.507 e. The van der Waals surface area contributed by atoms with Gasteiger partial charge < -0.3 is 14.6 Å². The van der Waals surface area contributed by atoms with Gasteiger partial charge in [0, 0.05) is 17.2 Å². The second kappa shape index (κ2) is 8.87. The Morgan fingerprint density at radius 2 is 1.44 bits per heavy atom. The summed E-state index contributed by atoms with van der Waals surface area (Å²) >= 11 is 0. The van der Waals surface area contributed by atoms with E-state index in [1.165, 1.54) is 38.5 Å². The predicted octanol–water partition coefficient (Wildman–Crippen LogP) is 5.34. The van der Waals surface area contributed by atoms with E-state index in [4.69, 9.17) is 9.47 Å². The molecule has 0 saturated carbocycles. The van der Waals surface area contributed by atoms with Crippen molar-refractivity contribution in [2.75, 3.05) is 14.2 Å². The lowest BCUT2D eigenvalue weighted by Gasteiger charge is -2.28. The first-order valence-electron chi connectivity index (χ1n) is 10.1. The summed E-state index contributed by atoms with van der Waals surface area (Å²) in [5.41, 5.74) is 1.11. The van der Waals surface area contributed by atoms with Crippen molar-refractivity contribution < 1.29 is 23.0 Å². The summed E-state index contributed by atoms with van der Waals surface area (Å²) in [6.45, 7) is 11.8. The van der Waals surface area contributed by atoms with Crippen LogP contribution in [0.15, 0.2) is 40.1 Å². The van der Waals surface area contributed by atoms with Gasteiger partial charge in [-0.3, -0.25) is 0 Å². The number of hydrogen-bond donors (Lipinski definition) is 1. The van der Waals surface area contributed by atoms with Crippen molar-refractivity contribution in [3.8, 4) is 23.3 Å². The highest BCUT2D eigenvalue weighted by Crippen LogP contribution is 2.40. The van der Waals surface area contributed by atoms with Crippen LogP contribution in [0.4, 0.5) is 0 Å². The zero-order valence-electron chi connectivity index (χ0n) is 19.9. The van der Waals surface area contributed by atoms with Crippen LogP contribution in [0, 0.1) is 11.3 Å². The minimum absolute atomic E-state index is 0.0752. The highest BCUT2D eigenvalue weighted by Gasteiger charge is 2.28. The first-order chi connectivity index (χ1) is 14.7. The molecule has 0 atom stereocenters. The Hall–Kier alpha value is -2.98. The summed E-state index contributed by atoms with van der Waals surface area (Å²) in [6, 6.07) is 9.47. The number of methoxy groups -OCH3 is 2. The summed E-state index contributed by atoms with van der Waals surface area (Å²) in [7, 11) is -1.25. The molecule has 172 valence electrons. The van der Waals surface area contributed by atoms with Gasteiger partial charge in [0.2, 0.25) is 9.84 Å². The average molecular weight is 458 g/mol. The van der Waals surface area contributed by atoms with E-state index in [-0.39, 0.29) is 27.2 Å². The molecule has 0 aliphatic carbocycles. The van der Waals surface area contributed by atoms with Gasteiger partial charge in [0.1, 0.15) is 16.7 Å². The Bertz CT molecular complexity index is 1160. The first kappa shape index (κ1) is 25.3. The molecular formula is C25H31NO5S. The molecule has 0 spiro atoms. The molecule has 0 aromatic heterocycles. The van der Waals surface area contributed by atoms with E-state index < -0.39 is 14.7 Å². The van der Waals surface area contributed by atoms with Crippen LogP contribution < -0.4 is 9.47 Å². The van der Waals surface area contributed by atoms with Gasteiger partial charge in [0.15, 0.2) is 11.5 Å². The summed E-state index contributed by atoms with van der Waals surface area (Å²) in [4.78, 5) is -0.482. The number of nitrogens with zero attached hydrogens (tertiary/aromatic N) is 1. The number of phenolic OH excluding ortho intramolecular Hbond substituents is 1. The molecule has 0 fully saturated rings. The number of nitriles is 1. The molecule has 0 heterocycles. The molecule has 0 aliphatic rings. The first-order valence-corrected chi connectivity index (χ1v) is 11.6. The maximum absolute atomic E-state index is 13.2. The molecule has 7 heteroatoms. The highest BCUT2D eigenvalue weighted by atomic mass is 32.2. The van der Waals surface area contributed by atoms with Gasteiger partial charge in [0.25, 0.3) is 0 Å². The van der Waals surface area contributed by atoms with Gasteiger partial charge in [-0.05, 0) is 46.7 Å². The average Bonchev–Trinajstić information content (AvgIpc) is 2.70. The third-order valence-corrected chi connectivity index (χ3v) is 6.77. The summed E-state index contributed by atoms with van der Waals surface area (Å²) in [5.74, 6) is 0.820. The molecule has 0 saturated heterocycles. The number of benzene rings is 2. The van der Waals surface area contributed by atoms with Gasteiger partial charge in [-0.25, -0.2) is 8.42 Å². The van der Waals surface area contributed by atoms with Crippen molar-refractivity contribution in [1.82, 2.24) is 0 Å². The summed E-state index contributed by atoms with van der Waals surface area (Å²) < 4.78 is 36.8. The smallest absolute Gasteiger partial charge is 0.216 e. The molecule has 2 rings (SSSR count). The fourth-order valence-electron chi connectivity index (χ4n) is 3.32. The fourth-order valence-corrected chi connectivity index (χ4v) is 4.49. The number of allylic oxidation sites excluding steroid dienone is 1. The number of aromatic hydroxyl groups is 1. The van der Waals surface area contributed by atoms with Gasteiger partial charge in [0.05, 0.1) is 19.1 Å². The molecule has 0 unspecified atom stereocenters. The Morgan fingerprint density at radius 1 is 0.938 bits per heavy atom. The molecule has 6 nitrogen and oxygen atoms in total. The van der Waals surface area contributed by atoms with Crippen molar-refractivity contribution in [3.63, 3.8) is 0 Å². The normalized spacial score (nSPS) is 12.9. The number of hydrogen-bond acceptors (Lipinski definition) is 6. The standard InChI is InChI=1S/C25H31NO5S/c1-24(2,3)19-12-16(13-20(23(19)27)25(4,5)6)11-18(15-26)32(28,29)17-9-10-21(30-7)22(14-17)31-8/h9-14,27H,1-8H3/b18-11-. The SMILES string of the molecule is COc1ccc(S(=O)(=O)/C(C#N)=C\c2cc(C(C)(C)C)c(O)c(C(C)(C)C)c2)cc1OC. The Kier molecular flexibility index (Phi) is 7.01. The zero-order valence-corrected chi connectivity index (χ0v) is 20.7. The third kappa shape index (κ3) is 5.08. The maximum atomic E-state index is 13.2. The van der Waals surface area contributed by atoms with E-state index in [0.717, 1.165) is 0 Å². The van der Waals surface area contributed by atoms with Crippen LogP contribution in [0.3, 0.4) is 0 Å². The Morgan fingerprint density at radius 3 is 1.84 bits per heavy atom. The van der Waals surface area contributed by atoms with E-state index in [2.05, 4.69) is 0 Å². The van der Waals surface area contributed by atoms with E-state index in [9.17, 15) is 18.8 Å². The van der Waals surface area contributed by atoms with Crippen molar-refractivity contribution >= 4 is 15.9 Å². The van der Waals surface area contributed by atoms with Crippen LogP contribution in [0.1, 0.15) is 58.2 Å². The van der Waals surface area contributed by atoms with E-state index in [1.807, 2.05) is 47.6 Å². The predicted molar refractivity (Wildman–Crippen MR) is 126 cm³/mol. The van der Waals surface area contributed by atoms with E-state index >= 15 is 0 Å². The van der Waals surface area contributed by atoms with Gasteiger partial charge in [-0.1, -0.05) is 41.5 Å². The van der Waals surface area contributed by atoms with Crippen LogP contribution in [0.25, 0.3) is 6.08 Å². The quantitative estimate of drug-likeness (QED) is 0.609. The fraction of sp³-hybridized carbons (Fsp3) is 0.400. The number of ether oxygens (including phenoxy) is 2. The second-order valence-electron chi connectivity index (χ2n) is 9.61. The number of sulfone groups is 1. The van der Waals surface area contributed by atoms with Crippen molar-refractivity contribution in [2.24, 2.45) is 0 Å². The van der Waals surface area contributed by atoms with Crippen LogP contribution in [0.2, 0.25) is 0 Å². The van der Waals surface area contributed by atoms with Crippen molar-refractivity contribution in [3.05, 3.63) is 51.9 Å². The number of phenols is 1. The zero-order chi connectivity index (χ0) is 24.5. The van der Waals surface area contributed by atoms with Crippen LogP contribution >= 0.6 is 0 Å². The van der Waals surface area contributed by atoms with Gasteiger partial charge in [-0.2, -0.15) is 5.26 Å². The lowest BCUT2D eigenvalue weighted by atomic mass is 9.78. The molecule has 0 amide bonds. The summed E-state index contributed by atoms with van der Waals surface area (Å²) in [5, 5.41) is 20.6. The van der Waals surface area contributed by atoms with Crippen molar-refractivity contribution in [1.29, 1.82) is 5.26 Å². The maximum Gasteiger partial charge on any atom is 0.216 e. The Labute approximate surface area is 191 Å². The molecule has 0 aliphatic heterocycles. The molecular weight excluding hydrogens is 426 g/mol. The molecule has 0 bridgehead atoms. The second-order valence-corrected chi connectivity index (χ2v) is 11.5. The monoisotopic (exact) mass is 457 g/mol. The third-order valence-electron chi connectivity index (χ3n) is 5.11. The van der Waals surface area contributed by atoms with Gasteiger partial charge >= 0.3 is 0 Å². The minimum atomic E-state index is -4.11. The molecule has 32 heavy (non-hydrogen) atoms. The molecule has 0 radical (unpaired) electrons. The lowest BCUT2D eigenvalue weighted by molar-refractivity contribution is 0.354. The van der Waals surface area contributed by atoms with E-state index in [0.29, 0.717) is 22.4 Å². The van der Waals surface area contributed by atoms with Crippen LogP contribution in [-0.2, 0) is 20.7 Å². The van der Waals surface area contributed by atoms with Gasteiger partial charge in [-0.15, -0.1) is 0 Å². The Balaban J connectivity index is 2.74. The van der Waals surface area contributed by atoms with Crippen LogP contribution in [-0.4, -0.2) is 27.7 Å². The molecule has 1 N–H and O–H groups in total. The number of rotatable bonds is 5. The molecule has 2 aromatic carbocycles. The molecule has 2 aromatic rings. The minimum Gasteiger partial charge on any atom is -0.507 e. The van der Waals surface area contributed by atoms with E-state index in [1.54, 1.807) is 12.1 Å². The van der Waals surface area contributed by atoms with Crippen molar-refractivity contribution in [2.45, 2.75) is 57.3 Å². The highest BCUT2D eigenvalue weighted by molar-refractivity contribution is 7.95.